The summed E-state index contributed by atoms with van der Waals surface area (Å²) in [4.78, 5) is 27.2. The summed E-state index contributed by atoms with van der Waals surface area (Å²) in [6, 6.07) is 1.66. The van der Waals surface area contributed by atoms with Crippen LogP contribution in [0, 0.1) is 5.92 Å². The molecule has 0 bridgehead atoms. The van der Waals surface area contributed by atoms with Gasteiger partial charge in [-0.3, -0.25) is 0 Å². The number of hydrogen-bond donors (Lipinski definition) is 3. The van der Waals surface area contributed by atoms with Crippen LogP contribution in [0.4, 0.5) is 18.4 Å². The Labute approximate surface area is 190 Å². The normalized spacial score (nSPS) is 19.5. The molecule has 1 heterocycles. The third-order valence-corrected chi connectivity index (χ3v) is 5.19. The molecule has 0 aromatic carbocycles. The SMILES string of the molecule is CC(C)(C)OC(=O)NCCNC(=O)NC1CCC(C(F)(F)c2cc(Cl)nc(Cl)c2)CC1. The molecule has 0 aliphatic heterocycles. The summed E-state index contributed by atoms with van der Waals surface area (Å²) in [5, 5.41) is 7.79. The van der Waals surface area contributed by atoms with E-state index in [1.807, 2.05) is 0 Å². The molecule has 1 aromatic rings. The monoisotopic (exact) mass is 480 g/mol. The lowest BCUT2D eigenvalue weighted by molar-refractivity contribution is -0.0797. The Bertz CT molecular complexity index is 762. The van der Waals surface area contributed by atoms with Gasteiger partial charge in [-0.05, 0) is 58.6 Å². The van der Waals surface area contributed by atoms with Crippen molar-refractivity contribution in [2.24, 2.45) is 5.92 Å². The highest BCUT2D eigenvalue weighted by molar-refractivity contribution is 6.32. The van der Waals surface area contributed by atoms with Gasteiger partial charge in [0.1, 0.15) is 15.9 Å². The summed E-state index contributed by atoms with van der Waals surface area (Å²) in [5.74, 6) is -3.96. The van der Waals surface area contributed by atoms with Crippen LogP contribution in [0.3, 0.4) is 0 Å². The summed E-state index contributed by atoms with van der Waals surface area (Å²) in [6.45, 7) is 5.68. The molecule has 7 nitrogen and oxygen atoms in total. The smallest absolute Gasteiger partial charge is 0.407 e. The van der Waals surface area contributed by atoms with Crippen LogP contribution in [0.25, 0.3) is 0 Å². The van der Waals surface area contributed by atoms with Gasteiger partial charge in [0.05, 0.1) is 0 Å². The van der Waals surface area contributed by atoms with Crippen LogP contribution in [-0.2, 0) is 10.7 Å². The van der Waals surface area contributed by atoms with Gasteiger partial charge in [0.15, 0.2) is 0 Å². The van der Waals surface area contributed by atoms with E-state index < -0.39 is 29.6 Å². The first kappa shape index (κ1) is 25.4. The second-order valence-electron chi connectivity index (χ2n) is 8.50. The third-order valence-electron chi connectivity index (χ3n) is 4.80. The van der Waals surface area contributed by atoms with Gasteiger partial charge in [0.2, 0.25) is 0 Å². The van der Waals surface area contributed by atoms with E-state index in [9.17, 15) is 18.4 Å². The lowest BCUT2D eigenvalue weighted by Gasteiger charge is -2.34. The standard InChI is InChI=1S/C20H28Cl2F2N4O3/c1-19(2,3)31-18(30)26-9-8-25-17(29)27-14-6-4-12(5-7-14)20(23,24)13-10-15(21)28-16(22)11-13/h10-12,14H,4-9H2,1-3H3,(H,26,30)(H2,25,27,29). The van der Waals surface area contributed by atoms with Crippen molar-refractivity contribution in [3.8, 4) is 0 Å². The number of alkyl halides is 2. The number of amides is 3. The van der Waals surface area contributed by atoms with E-state index in [0.29, 0.717) is 12.8 Å². The molecule has 0 saturated heterocycles. The van der Waals surface area contributed by atoms with Gasteiger partial charge in [-0.1, -0.05) is 23.2 Å². The van der Waals surface area contributed by atoms with Crippen molar-refractivity contribution in [3.63, 3.8) is 0 Å². The molecule has 1 aliphatic rings. The zero-order chi connectivity index (χ0) is 23.2. The minimum Gasteiger partial charge on any atom is -0.444 e. The van der Waals surface area contributed by atoms with Crippen LogP contribution < -0.4 is 16.0 Å². The molecule has 3 amide bonds. The van der Waals surface area contributed by atoms with E-state index in [-0.39, 0.29) is 47.8 Å². The fraction of sp³-hybridized carbons (Fsp3) is 0.650. The largest absolute Gasteiger partial charge is 0.444 e. The van der Waals surface area contributed by atoms with Crippen molar-refractivity contribution in [3.05, 3.63) is 28.0 Å². The van der Waals surface area contributed by atoms with Gasteiger partial charge in [0.25, 0.3) is 5.92 Å². The molecule has 174 valence electrons. The van der Waals surface area contributed by atoms with Gasteiger partial charge in [-0.15, -0.1) is 0 Å². The van der Waals surface area contributed by atoms with Gasteiger partial charge in [-0.25, -0.2) is 23.4 Å². The molecule has 0 atom stereocenters. The molecule has 0 unspecified atom stereocenters. The maximum absolute atomic E-state index is 14.9. The zero-order valence-electron chi connectivity index (χ0n) is 17.7. The molecule has 11 heteroatoms. The number of urea groups is 1. The van der Waals surface area contributed by atoms with Crippen molar-refractivity contribution >= 4 is 35.3 Å². The summed E-state index contributed by atoms with van der Waals surface area (Å²) < 4.78 is 34.8. The molecular weight excluding hydrogens is 453 g/mol. The lowest BCUT2D eigenvalue weighted by Crippen LogP contribution is -2.46. The summed E-state index contributed by atoms with van der Waals surface area (Å²) in [5.41, 5.74) is -0.843. The van der Waals surface area contributed by atoms with Gasteiger partial charge >= 0.3 is 12.1 Å². The highest BCUT2D eigenvalue weighted by atomic mass is 35.5. The van der Waals surface area contributed by atoms with Gasteiger partial charge in [0, 0.05) is 30.6 Å². The zero-order valence-corrected chi connectivity index (χ0v) is 19.2. The molecule has 1 aliphatic carbocycles. The number of carbonyl (C=O) groups excluding carboxylic acids is 2. The first-order chi connectivity index (χ1) is 14.4. The molecule has 1 saturated carbocycles. The number of rotatable bonds is 6. The Kier molecular flexibility index (Phi) is 8.71. The van der Waals surface area contributed by atoms with Crippen molar-refractivity contribution in [2.45, 2.75) is 64.0 Å². The van der Waals surface area contributed by atoms with Gasteiger partial charge in [-0.2, -0.15) is 0 Å². The average Bonchev–Trinajstić information content (AvgIpc) is 2.63. The van der Waals surface area contributed by atoms with E-state index >= 15 is 0 Å². The maximum Gasteiger partial charge on any atom is 0.407 e. The quantitative estimate of drug-likeness (QED) is 0.400. The number of hydrogen-bond acceptors (Lipinski definition) is 4. The number of pyridine rings is 1. The first-order valence-corrected chi connectivity index (χ1v) is 10.8. The molecule has 3 N–H and O–H groups in total. The van der Waals surface area contributed by atoms with E-state index in [4.69, 9.17) is 27.9 Å². The highest BCUT2D eigenvalue weighted by Crippen LogP contribution is 2.44. The van der Waals surface area contributed by atoms with E-state index in [1.165, 1.54) is 0 Å². The number of aromatic nitrogens is 1. The Morgan fingerprint density at radius 2 is 1.61 bits per heavy atom. The van der Waals surface area contributed by atoms with Gasteiger partial charge < -0.3 is 20.7 Å². The number of halogens is 4. The Hall–Kier alpha value is -1.87. The number of ether oxygens (including phenoxy) is 1. The summed E-state index contributed by atoms with van der Waals surface area (Å²) in [6.07, 6.45) is 0.781. The van der Waals surface area contributed by atoms with Crippen LogP contribution in [0.2, 0.25) is 10.3 Å². The second-order valence-corrected chi connectivity index (χ2v) is 9.28. The molecule has 1 aromatic heterocycles. The molecule has 31 heavy (non-hydrogen) atoms. The first-order valence-electron chi connectivity index (χ1n) is 10.1. The summed E-state index contributed by atoms with van der Waals surface area (Å²) in [7, 11) is 0. The minimum absolute atomic E-state index is 0.0737. The molecule has 1 fully saturated rings. The third kappa shape index (κ3) is 8.29. The molecule has 0 radical (unpaired) electrons. The van der Waals surface area contributed by atoms with Crippen molar-refractivity contribution in [1.29, 1.82) is 0 Å². The molecule has 2 rings (SSSR count). The fourth-order valence-corrected chi connectivity index (χ4v) is 3.84. The van der Waals surface area contributed by atoms with Crippen LogP contribution in [0.15, 0.2) is 12.1 Å². The number of carbonyl (C=O) groups is 2. The Morgan fingerprint density at radius 3 is 2.16 bits per heavy atom. The van der Waals surface area contributed by atoms with Crippen LogP contribution in [0.1, 0.15) is 52.0 Å². The maximum atomic E-state index is 14.9. The molecular formula is C20H28Cl2F2N4O3. The Balaban J connectivity index is 1.72. The van der Waals surface area contributed by atoms with Crippen molar-refractivity contribution in [1.82, 2.24) is 20.9 Å². The minimum atomic E-state index is -3.09. The highest BCUT2D eigenvalue weighted by Gasteiger charge is 2.43. The molecule has 0 spiro atoms. The van der Waals surface area contributed by atoms with Crippen LogP contribution in [0.5, 0.6) is 0 Å². The summed E-state index contributed by atoms with van der Waals surface area (Å²) >= 11 is 11.5. The number of nitrogens with zero attached hydrogens (tertiary/aromatic N) is 1. The fourth-order valence-electron chi connectivity index (χ4n) is 3.38. The van der Waals surface area contributed by atoms with E-state index in [1.54, 1.807) is 20.8 Å². The van der Waals surface area contributed by atoms with Crippen LogP contribution >= 0.6 is 23.2 Å². The lowest BCUT2D eigenvalue weighted by atomic mass is 9.80. The average molecular weight is 481 g/mol. The van der Waals surface area contributed by atoms with Crippen molar-refractivity contribution < 1.29 is 23.1 Å². The second kappa shape index (κ2) is 10.6. The predicted octanol–water partition coefficient (Wildman–Crippen LogP) is 4.86. The number of nitrogens with one attached hydrogen (secondary N) is 3. The van der Waals surface area contributed by atoms with E-state index in [2.05, 4.69) is 20.9 Å². The predicted molar refractivity (Wildman–Crippen MR) is 115 cm³/mol. The van der Waals surface area contributed by atoms with Crippen LogP contribution in [-0.4, -0.2) is 41.8 Å². The number of alkyl carbamates (subject to hydrolysis) is 1. The van der Waals surface area contributed by atoms with E-state index in [0.717, 1.165) is 12.1 Å². The topological polar surface area (TPSA) is 92.4 Å². The van der Waals surface area contributed by atoms with Crippen molar-refractivity contribution in [2.75, 3.05) is 13.1 Å². The Morgan fingerprint density at radius 1 is 1.06 bits per heavy atom.